The molecule has 1 N–H and O–H groups in total. The highest BCUT2D eigenvalue weighted by molar-refractivity contribution is 5.78. The van der Waals surface area contributed by atoms with Gasteiger partial charge in [-0.2, -0.15) is 9.61 Å². The largest absolute Gasteiger partial charge is 0.495 e. The van der Waals surface area contributed by atoms with Gasteiger partial charge in [-0.3, -0.25) is 0 Å². The van der Waals surface area contributed by atoms with Crippen molar-refractivity contribution in [3.8, 4) is 0 Å². The second-order valence-electron chi connectivity index (χ2n) is 12.7. The van der Waals surface area contributed by atoms with E-state index in [2.05, 4.69) is 22.1 Å². The first-order chi connectivity index (χ1) is 19.2. The van der Waals surface area contributed by atoms with Crippen LogP contribution in [0.2, 0.25) is 0 Å². The molecule has 0 spiro atoms. The lowest BCUT2D eigenvalue weighted by Gasteiger charge is -2.41. The van der Waals surface area contributed by atoms with Crippen molar-refractivity contribution in [2.24, 2.45) is 0 Å². The lowest BCUT2D eigenvalue weighted by Crippen LogP contribution is -2.45. The fourth-order valence-electron chi connectivity index (χ4n) is 5.30. The average molecular weight is 568 g/mol. The number of ether oxygens (including phenoxy) is 3. The molecule has 6 heterocycles. The molecule has 1 fully saturated rings. The van der Waals surface area contributed by atoms with Crippen molar-refractivity contribution in [3.05, 3.63) is 47.2 Å². The van der Waals surface area contributed by atoms with Gasteiger partial charge in [-0.05, 0) is 61.0 Å². The fourth-order valence-corrected chi connectivity index (χ4v) is 5.30. The fraction of sp³-hybridized carbons (Fsp3) is 0.621. The van der Waals surface area contributed by atoms with Crippen LogP contribution in [0.5, 0.6) is 0 Å². The highest BCUT2D eigenvalue weighted by atomic mass is 16.5. The van der Waals surface area contributed by atoms with Crippen LogP contribution >= 0.6 is 0 Å². The van der Waals surface area contributed by atoms with E-state index in [-0.39, 0.29) is 5.60 Å². The number of hydrogen-bond acceptors (Lipinski definition) is 9. The molecule has 0 amide bonds. The van der Waals surface area contributed by atoms with Crippen LogP contribution in [0.3, 0.4) is 0 Å². The lowest BCUT2D eigenvalue weighted by molar-refractivity contribution is -0.160. The molecule has 0 aromatic carbocycles. The van der Waals surface area contributed by atoms with Crippen LogP contribution in [0, 0.1) is 6.92 Å². The third-order valence-electron chi connectivity index (χ3n) is 7.61. The molecule has 0 aliphatic carbocycles. The summed E-state index contributed by atoms with van der Waals surface area (Å²) in [7, 11) is 0. The first-order valence-electron chi connectivity index (χ1n) is 14.2. The predicted octanol–water partition coefficient (Wildman–Crippen LogP) is 4.16. The van der Waals surface area contributed by atoms with Crippen molar-refractivity contribution in [3.63, 3.8) is 0 Å². The van der Waals surface area contributed by atoms with Gasteiger partial charge in [-0.25, -0.2) is 14.5 Å². The Hall–Kier alpha value is -3.51. The number of carbonyl (C=O) groups is 1. The number of nitrogens with zero attached hydrogens (tertiary/aromatic N) is 7. The third kappa shape index (κ3) is 6.23. The molecular weight excluding hydrogens is 526 g/mol. The molecule has 222 valence electrons. The number of aliphatic carboxylic acids is 1. The number of fused-ring (bicyclic) bond motifs is 7. The minimum Gasteiger partial charge on any atom is -0.495 e. The van der Waals surface area contributed by atoms with Gasteiger partial charge in [0, 0.05) is 37.7 Å². The summed E-state index contributed by atoms with van der Waals surface area (Å²) in [5, 5.41) is 23.9. The van der Waals surface area contributed by atoms with Crippen LogP contribution in [0.25, 0.3) is 5.65 Å². The second kappa shape index (κ2) is 10.7. The molecule has 0 radical (unpaired) electrons. The predicted molar refractivity (Wildman–Crippen MR) is 152 cm³/mol. The molecule has 0 saturated carbocycles. The lowest BCUT2D eigenvalue weighted by atomic mass is 9.92. The number of carboxylic acid groups (broad SMARTS) is 1. The maximum atomic E-state index is 12.6. The first-order valence-corrected chi connectivity index (χ1v) is 14.2. The monoisotopic (exact) mass is 567 g/mol. The number of anilines is 1. The summed E-state index contributed by atoms with van der Waals surface area (Å²) in [5.41, 5.74) is 1.51. The van der Waals surface area contributed by atoms with E-state index in [1.165, 1.54) is 0 Å². The van der Waals surface area contributed by atoms with Gasteiger partial charge in [0.2, 0.25) is 0 Å². The summed E-state index contributed by atoms with van der Waals surface area (Å²) >= 11 is 0. The van der Waals surface area contributed by atoms with Gasteiger partial charge in [0.25, 0.3) is 0 Å². The molecule has 3 aromatic rings. The summed E-state index contributed by atoms with van der Waals surface area (Å²) in [6.07, 6.45) is 6.60. The Morgan fingerprint density at radius 1 is 1.20 bits per heavy atom. The van der Waals surface area contributed by atoms with Crippen molar-refractivity contribution < 1.29 is 24.1 Å². The molecule has 1 atom stereocenters. The highest BCUT2D eigenvalue weighted by Gasteiger charge is 2.38. The van der Waals surface area contributed by atoms with E-state index >= 15 is 0 Å². The van der Waals surface area contributed by atoms with Crippen LogP contribution in [-0.4, -0.2) is 71.6 Å². The van der Waals surface area contributed by atoms with Gasteiger partial charge in [0.1, 0.15) is 22.7 Å². The molecule has 12 nitrogen and oxygen atoms in total. The maximum Gasteiger partial charge on any atom is 0.337 e. The number of hydrogen-bond donors (Lipinski definition) is 1. The van der Waals surface area contributed by atoms with Crippen molar-refractivity contribution in [1.82, 2.24) is 29.6 Å². The Balaban J connectivity index is 1.64. The third-order valence-corrected chi connectivity index (χ3v) is 7.61. The van der Waals surface area contributed by atoms with E-state index in [0.29, 0.717) is 55.4 Å². The topological polar surface area (TPSA) is 129 Å². The van der Waals surface area contributed by atoms with Crippen LogP contribution < -0.4 is 4.90 Å². The molecule has 3 aliphatic heterocycles. The molecule has 3 aromatic heterocycles. The molecule has 3 aliphatic rings. The Bertz CT molecular complexity index is 1440. The van der Waals surface area contributed by atoms with Crippen molar-refractivity contribution >= 4 is 17.4 Å². The van der Waals surface area contributed by atoms with Gasteiger partial charge in [-0.15, -0.1) is 5.10 Å². The average Bonchev–Trinajstić information content (AvgIpc) is 3.51. The van der Waals surface area contributed by atoms with Crippen LogP contribution in [0.15, 0.2) is 24.6 Å². The summed E-state index contributed by atoms with van der Waals surface area (Å²) in [4.78, 5) is 19.6. The van der Waals surface area contributed by atoms with E-state index in [1.807, 2.05) is 59.9 Å². The van der Waals surface area contributed by atoms with Crippen molar-refractivity contribution in [2.75, 3.05) is 24.6 Å². The minimum absolute atomic E-state index is 0.349. The quantitative estimate of drug-likeness (QED) is 0.492. The molecule has 6 bridgehead atoms. The zero-order valence-electron chi connectivity index (χ0n) is 25.0. The number of piperidine rings is 1. The van der Waals surface area contributed by atoms with Gasteiger partial charge < -0.3 is 24.2 Å². The second-order valence-corrected chi connectivity index (χ2v) is 12.7. The van der Waals surface area contributed by atoms with E-state index in [9.17, 15) is 9.90 Å². The SMILES string of the molecule is Cc1nc2cc3nn2c(c1[C@H](OC(C)(C)C)C(=O)O)N1CCC(C)(CC1)OC=CCCOC(C)(C)c1cn(nn1)C3. The number of aryl methyl sites for hydroxylation is 1. The molecule has 1 saturated heterocycles. The standard InChI is InChI=1S/C29H41N7O5/c1-19-23(24(26(37)38)41-27(2,3)4)25-34-12-10-29(7,11-13-34)40-15-9-8-14-39-28(5,6)21-18-35(33-31-21)17-20-16-22(30-19)36(25)32-20/h9,15-16,18,24H,8,10-14,17H2,1-7H3,(H,37,38)/t24-/m0/s1. The van der Waals surface area contributed by atoms with Crippen LogP contribution in [0.1, 0.15) is 89.6 Å². The van der Waals surface area contributed by atoms with Crippen molar-refractivity contribution in [1.29, 1.82) is 0 Å². The highest BCUT2D eigenvalue weighted by Crippen LogP contribution is 2.38. The molecule has 12 heteroatoms. The summed E-state index contributed by atoms with van der Waals surface area (Å²) in [6.45, 7) is 15.6. The van der Waals surface area contributed by atoms with Gasteiger partial charge >= 0.3 is 5.97 Å². The number of carboxylic acids is 1. The van der Waals surface area contributed by atoms with E-state index in [4.69, 9.17) is 24.3 Å². The minimum atomic E-state index is -1.22. The van der Waals surface area contributed by atoms with E-state index in [1.54, 1.807) is 15.5 Å². The number of aromatic nitrogens is 6. The van der Waals surface area contributed by atoms with Crippen molar-refractivity contribution in [2.45, 2.75) is 97.2 Å². The van der Waals surface area contributed by atoms with Crippen LogP contribution in [0.4, 0.5) is 5.82 Å². The Labute approximate surface area is 240 Å². The Kier molecular flexibility index (Phi) is 7.58. The van der Waals surface area contributed by atoms with E-state index < -0.39 is 23.3 Å². The Morgan fingerprint density at radius 3 is 2.61 bits per heavy atom. The number of rotatable bonds is 3. The normalized spacial score (nSPS) is 19.9. The van der Waals surface area contributed by atoms with Crippen LogP contribution in [-0.2, 0) is 31.2 Å². The smallest absolute Gasteiger partial charge is 0.337 e. The molecule has 41 heavy (non-hydrogen) atoms. The molecular formula is C29H41N7O5. The van der Waals surface area contributed by atoms with E-state index in [0.717, 1.165) is 24.2 Å². The zero-order valence-corrected chi connectivity index (χ0v) is 25.0. The Morgan fingerprint density at radius 2 is 1.93 bits per heavy atom. The summed E-state index contributed by atoms with van der Waals surface area (Å²) in [5.74, 6) is -0.390. The molecule has 0 unspecified atom stereocenters. The molecule has 6 rings (SSSR count). The first kappa shape index (κ1) is 29.0. The summed E-state index contributed by atoms with van der Waals surface area (Å²) in [6, 6.07) is 1.91. The van der Waals surface area contributed by atoms with Gasteiger partial charge in [0.05, 0.1) is 42.5 Å². The summed E-state index contributed by atoms with van der Waals surface area (Å²) < 4.78 is 22.0. The zero-order chi connectivity index (χ0) is 29.6. The van der Waals surface area contributed by atoms with Gasteiger partial charge in [-0.1, -0.05) is 5.21 Å². The van der Waals surface area contributed by atoms with Gasteiger partial charge in [0.15, 0.2) is 11.8 Å². The maximum absolute atomic E-state index is 12.6.